The van der Waals surface area contributed by atoms with E-state index in [4.69, 9.17) is 16.3 Å². The van der Waals surface area contributed by atoms with Gasteiger partial charge in [-0.2, -0.15) is 0 Å². The summed E-state index contributed by atoms with van der Waals surface area (Å²) in [5.41, 5.74) is 0.843. The standard InChI is InChI=1S/C17H25ClN2O2/c1-2-3-6-9-19-10-12-20(13-11-19)17(21)22-14-15-7-4-5-8-16(15)18/h4-5,7-8H,2-3,6,9-14H2,1H3. The van der Waals surface area contributed by atoms with E-state index in [1.54, 1.807) is 11.0 Å². The van der Waals surface area contributed by atoms with Crippen LogP contribution < -0.4 is 0 Å². The van der Waals surface area contributed by atoms with Crippen molar-refractivity contribution in [3.63, 3.8) is 0 Å². The maximum absolute atomic E-state index is 12.1. The lowest BCUT2D eigenvalue weighted by atomic mass is 10.2. The first kappa shape index (κ1) is 17.1. The molecule has 0 aliphatic carbocycles. The molecule has 1 aromatic rings. The number of nitrogens with zero attached hydrogens (tertiary/aromatic N) is 2. The monoisotopic (exact) mass is 324 g/mol. The van der Waals surface area contributed by atoms with Gasteiger partial charge in [0.15, 0.2) is 0 Å². The minimum atomic E-state index is -0.242. The normalized spacial score (nSPS) is 15.8. The smallest absolute Gasteiger partial charge is 0.410 e. The molecule has 1 heterocycles. The summed E-state index contributed by atoms with van der Waals surface area (Å²) in [4.78, 5) is 16.3. The Balaban J connectivity index is 1.70. The second-order valence-electron chi connectivity index (χ2n) is 5.68. The number of amides is 1. The van der Waals surface area contributed by atoms with Crippen molar-refractivity contribution >= 4 is 17.7 Å². The molecular weight excluding hydrogens is 300 g/mol. The van der Waals surface area contributed by atoms with Gasteiger partial charge in [-0.25, -0.2) is 4.79 Å². The second-order valence-corrected chi connectivity index (χ2v) is 6.09. The third-order valence-electron chi connectivity index (χ3n) is 4.02. The maximum atomic E-state index is 12.1. The summed E-state index contributed by atoms with van der Waals surface area (Å²) in [5, 5.41) is 0.635. The first-order valence-electron chi connectivity index (χ1n) is 8.08. The Morgan fingerprint density at radius 1 is 1.18 bits per heavy atom. The van der Waals surface area contributed by atoms with Gasteiger partial charge in [-0.15, -0.1) is 0 Å². The van der Waals surface area contributed by atoms with Crippen LogP contribution in [0.1, 0.15) is 31.7 Å². The van der Waals surface area contributed by atoms with Crippen LogP contribution in [0.5, 0.6) is 0 Å². The summed E-state index contributed by atoms with van der Waals surface area (Å²) in [5.74, 6) is 0. The number of carbonyl (C=O) groups is 1. The van der Waals surface area contributed by atoms with E-state index in [1.165, 1.54) is 19.3 Å². The third-order valence-corrected chi connectivity index (χ3v) is 4.39. The second kappa shape index (κ2) is 9.01. The van der Waals surface area contributed by atoms with Crippen molar-refractivity contribution in [3.8, 4) is 0 Å². The van der Waals surface area contributed by atoms with Crippen LogP contribution in [0.25, 0.3) is 0 Å². The molecule has 0 unspecified atom stereocenters. The fourth-order valence-electron chi connectivity index (χ4n) is 2.59. The van der Waals surface area contributed by atoms with Gasteiger partial charge < -0.3 is 9.64 Å². The van der Waals surface area contributed by atoms with Crippen LogP contribution in [0.15, 0.2) is 24.3 Å². The molecule has 1 saturated heterocycles. The van der Waals surface area contributed by atoms with Crippen LogP contribution in [-0.2, 0) is 11.3 Å². The molecule has 0 bridgehead atoms. The summed E-state index contributed by atoms with van der Waals surface area (Å²) < 4.78 is 5.37. The molecule has 0 spiro atoms. The molecule has 0 saturated carbocycles. The Hall–Kier alpha value is -1.26. The molecule has 2 rings (SSSR count). The zero-order valence-corrected chi connectivity index (χ0v) is 14.0. The lowest BCUT2D eigenvalue weighted by molar-refractivity contribution is 0.0713. The number of halogens is 1. The Labute approximate surface area is 138 Å². The molecule has 0 N–H and O–H groups in total. The number of rotatable bonds is 6. The quantitative estimate of drug-likeness (QED) is 0.746. The van der Waals surface area contributed by atoms with Crippen molar-refractivity contribution in [1.29, 1.82) is 0 Å². The van der Waals surface area contributed by atoms with E-state index < -0.39 is 0 Å². The molecular formula is C17H25ClN2O2. The average Bonchev–Trinajstić information content (AvgIpc) is 2.55. The highest BCUT2D eigenvalue weighted by atomic mass is 35.5. The summed E-state index contributed by atoms with van der Waals surface area (Å²) in [6.45, 7) is 6.94. The van der Waals surface area contributed by atoms with E-state index >= 15 is 0 Å². The SMILES string of the molecule is CCCCCN1CCN(C(=O)OCc2ccccc2Cl)CC1. The van der Waals surface area contributed by atoms with Gasteiger partial charge in [0.2, 0.25) is 0 Å². The van der Waals surface area contributed by atoms with Crippen molar-refractivity contribution in [3.05, 3.63) is 34.9 Å². The van der Waals surface area contributed by atoms with E-state index in [1.807, 2.05) is 18.2 Å². The number of benzene rings is 1. The van der Waals surface area contributed by atoms with Gasteiger partial charge in [-0.3, -0.25) is 4.90 Å². The first-order valence-corrected chi connectivity index (χ1v) is 8.46. The number of ether oxygens (including phenoxy) is 1. The van der Waals surface area contributed by atoms with Crippen molar-refractivity contribution in [2.24, 2.45) is 0 Å². The summed E-state index contributed by atoms with van der Waals surface area (Å²) in [6, 6.07) is 7.44. The molecule has 0 atom stereocenters. The largest absolute Gasteiger partial charge is 0.444 e. The fraction of sp³-hybridized carbons (Fsp3) is 0.588. The summed E-state index contributed by atoms with van der Waals surface area (Å²) in [6.07, 6.45) is 3.52. The molecule has 22 heavy (non-hydrogen) atoms. The molecule has 1 fully saturated rings. The van der Waals surface area contributed by atoms with E-state index in [0.29, 0.717) is 5.02 Å². The van der Waals surface area contributed by atoms with Crippen LogP contribution >= 0.6 is 11.6 Å². The molecule has 5 heteroatoms. The van der Waals surface area contributed by atoms with Gasteiger partial charge >= 0.3 is 6.09 Å². The fourth-order valence-corrected chi connectivity index (χ4v) is 2.78. The molecule has 0 aromatic heterocycles. The van der Waals surface area contributed by atoms with Crippen molar-refractivity contribution < 1.29 is 9.53 Å². The predicted molar refractivity (Wildman–Crippen MR) is 89.2 cm³/mol. The van der Waals surface area contributed by atoms with Crippen LogP contribution in [-0.4, -0.2) is 48.6 Å². The molecule has 122 valence electrons. The highest BCUT2D eigenvalue weighted by Gasteiger charge is 2.21. The molecule has 1 aliphatic rings. The van der Waals surface area contributed by atoms with E-state index in [0.717, 1.165) is 38.3 Å². The summed E-state index contributed by atoms with van der Waals surface area (Å²) >= 11 is 6.06. The molecule has 1 aromatic carbocycles. The first-order chi connectivity index (χ1) is 10.7. The van der Waals surface area contributed by atoms with E-state index in [-0.39, 0.29) is 12.7 Å². The Bertz CT molecular complexity index is 473. The lowest BCUT2D eigenvalue weighted by Crippen LogP contribution is -2.48. The van der Waals surface area contributed by atoms with Gasteiger partial charge in [0.05, 0.1) is 0 Å². The number of hydrogen-bond donors (Lipinski definition) is 0. The Kier molecular flexibility index (Phi) is 7.00. The molecule has 1 amide bonds. The minimum Gasteiger partial charge on any atom is -0.444 e. The van der Waals surface area contributed by atoms with Gasteiger partial charge in [-0.1, -0.05) is 49.6 Å². The van der Waals surface area contributed by atoms with E-state index in [2.05, 4.69) is 11.8 Å². The number of hydrogen-bond acceptors (Lipinski definition) is 3. The third kappa shape index (κ3) is 5.18. The lowest BCUT2D eigenvalue weighted by Gasteiger charge is -2.34. The van der Waals surface area contributed by atoms with Crippen LogP contribution in [0.4, 0.5) is 4.79 Å². The maximum Gasteiger partial charge on any atom is 0.410 e. The minimum absolute atomic E-state index is 0.231. The highest BCUT2D eigenvalue weighted by molar-refractivity contribution is 6.31. The van der Waals surface area contributed by atoms with Crippen molar-refractivity contribution in [2.75, 3.05) is 32.7 Å². The molecule has 4 nitrogen and oxygen atoms in total. The highest BCUT2D eigenvalue weighted by Crippen LogP contribution is 2.16. The Morgan fingerprint density at radius 3 is 2.59 bits per heavy atom. The van der Waals surface area contributed by atoms with Gasteiger partial charge in [0.1, 0.15) is 6.61 Å². The zero-order chi connectivity index (χ0) is 15.8. The van der Waals surface area contributed by atoms with Crippen LogP contribution in [0, 0.1) is 0 Å². The molecule has 0 radical (unpaired) electrons. The Morgan fingerprint density at radius 2 is 1.91 bits per heavy atom. The van der Waals surface area contributed by atoms with Gasteiger partial charge in [-0.05, 0) is 19.0 Å². The average molecular weight is 325 g/mol. The van der Waals surface area contributed by atoms with Gasteiger partial charge in [0.25, 0.3) is 0 Å². The van der Waals surface area contributed by atoms with Crippen molar-refractivity contribution in [1.82, 2.24) is 9.80 Å². The number of piperazine rings is 1. The summed E-state index contributed by atoms with van der Waals surface area (Å²) in [7, 11) is 0. The number of carbonyl (C=O) groups excluding carboxylic acids is 1. The van der Waals surface area contributed by atoms with Crippen molar-refractivity contribution in [2.45, 2.75) is 32.8 Å². The molecule has 1 aliphatic heterocycles. The zero-order valence-electron chi connectivity index (χ0n) is 13.3. The predicted octanol–water partition coefficient (Wildman–Crippen LogP) is 3.78. The topological polar surface area (TPSA) is 32.8 Å². The number of unbranched alkanes of at least 4 members (excludes halogenated alkanes) is 2. The van der Waals surface area contributed by atoms with Gasteiger partial charge in [0, 0.05) is 36.8 Å². The van der Waals surface area contributed by atoms with E-state index in [9.17, 15) is 4.79 Å². The van der Waals surface area contributed by atoms with Crippen LogP contribution in [0.2, 0.25) is 5.02 Å². The van der Waals surface area contributed by atoms with Crippen LogP contribution in [0.3, 0.4) is 0 Å².